The predicted octanol–water partition coefficient (Wildman–Crippen LogP) is 6.14. The number of carbonyl (C=O) groups excluding carboxylic acids is 1. The maximum atomic E-state index is 13.6. The van der Waals surface area contributed by atoms with Crippen molar-refractivity contribution >= 4 is 39.7 Å². The smallest absolute Gasteiger partial charge is 0.321 e. The van der Waals surface area contributed by atoms with E-state index in [-0.39, 0.29) is 17.9 Å². The van der Waals surface area contributed by atoms with Gasteiger partial charge in [0.1, 0.15) is 11.5 Å². The van der Waals surface area contributed by atoms with Crippen molar-refractivity contribution in [3.63, 3.8) is 0 Å². The summed E-state index contributed by atoms with van der Waals surface area (Å²) in [5.41, 5.74) is 4.99. The Kier molecular flexibility index (Phi) is 7.27. The van der Waals surface area contributed by atoms with Gasteiger partial charge in [0.2, 0.25) is 5.95 Å². The van der Waals surface area contributed by atoms with Gasteiger partial charge in [0, 0.05) is 67.4 Å². The van der Waals surface area contributed by atoms with E-state index in [9.17, 15) is 9.18 Å². The van der Waals surface area contributed by atoms with Crippen LogP contribution in [-0.4, -0.2) is 63.5 Å². The van der Waals surface area contributed by atoms with Crippen molar-refractivity contribution in [1.29, 1.82) is 0 Å². The Morgan fingerprint density at radius 3 is 2.46 bits per heavy atom. The molecule has 0 atom stereocenters. The monoisotopic (exact) mass is 570 g/mol. The van der Waals surface area contributed by atoms with Gasteiger partial charge >= 0.3 is 6.03 Å². The van der Waals surface area contributed by atoms with Gasteiger partial charge in [0.25, 0.3) is 0 Å². The molecule has 2 aromatic carbocycles. The molecule has 1 saturated heterocycles. The van der Waals surface area contributed by atoms with Crippen LogP contribution in [0.25, 0.3) is 27.6 Å². The molecule has 6 rings (SSSR count). The summed E-state index contributed by atoms with van der Waals surface area (Å²) < 4.78 is 15.7. The molecule has 2 N–H and O–H groups in total. The van der Waals surface area contributed by atoms with Crippen molar-refractivity contribution in [2.24, 2.45) is 0 Å². The van der Waals surface area contributed by atoms with Crippen molar-refractivity contribution in [3.8, 4) is 22.6 Å². The number of amides is 2. The average Bonchev–Trinajstić information content (AvgIpc) is 3.50. The first-order valence-electron chi connectivity index (χ1n) is 13.5. The van der Waals surface area contributed by atoms with E-state index in [4.69, 9.17) is 9.97 Å². The van der Waals surface area contributed by atoms with Gasteiger partial charge in [-0.2, -0.15) is 0 Å². The molecule has 0 unspecified atom stereocenters. The van der Waals surface area contributed by atoms with Crippen LogP contribution in [0.15, 0.2) is 67.0 Å². The molecule has 0 saturated carbocycles. The van der Waals surface area contributed by atoms with E-state index in [1.807, 2.05) is 71.7 Å². The molecular weight excluding hydrogens is 539 g/mol. The summed E-state index contributed by atoms with van der Waals surface area (Å²) in [5.74, 6) is 0.237. The molecule has 0 aliphatic carbocycles. The third kappa shape index (κ3) is 5.71. The van der Waals surface area contributed by atoms with Crippen LogP contribution in [0, 0.1) is 12.7 Å². The van der Waals surface area contributed by atoms with Crippen LogP contribution in [0.4, 0.5) is 26.5 Å². The van der Waals surface area contributed by atoms with Crippen LogP contribution < -0.4 is 15.5 Å². The molecule has 11 heteroatoms. The van der Waals surface area contributed by atoms with E-state index in [1.54, 1.807) is 29.7 Å². The summed E-state index contributed by atoms with van der Waals surface area (Å²) in [6.07, 6.45) is 5.34. The molecule has 1 aliphatic rings. The lowest BCUT2D eigenvalue weighted by Crippen LogP contribution is -2.44. The van der Waals surface area contributed by atoms with Gasteiger partial charge in [0.05, 0.1) is 11.4 Å². The van der Waals surface area contributed by atoms with Crippen LogP contribution in [-0.2, 0) is 0 Å². The van der Waals surface area contributed by atoms with Gasteiger partial charge in [-0.05, 0) is 74.4 Å². The average molecular weight is 571 g/mol. The highest BCUT2D eigenvalue weighted by Crippen LogP contribution is 2.35. The molecule has 1 fully saturated rings. The lowest BCUT2D eigenvalue weighted by atomic mass is 10.1. The first kappa shape index (κ1) is 26.7. The largest absolute Gasteiger partial charge is 0.378 e. The fourth-order valence-electron chi connectivity index (χ4n) is 5.02. The Balaban J connectivity index is 1.14. The van der Waals surface area contributed by atoms with Crippen LogP contribution in [0.3, 0.4) is 0 Å². The Morgan fingerprint density at radius 1 is 1.02 bits per heavy atom. The molecule has 9 nitrogen and oxygen atoms in total. The van der Waals surface area contributed by atoms with Gasteiger partial charge in [0.15, 0.2) is 4.96 Å². The lowest BCUT2D eigenvalue weighted by Gasteiger charge is -2.32. The first-order chi connectivity index (χ1) is 19.8. The number of fused-ring (bicyclic) bond motifs is 1. The molecule has 3 aromatic heterocycles. The molecule has 2 amide bonds. The van der Waals surface area contributed by atoms with Crippen molar-refractivity contribution in [3.05, 3.63) is 77.7 Å². The highest BCUT2D eigenvalue weighted by Gasteiger charge is 2.24. The standard InChI is InChI=1S/C30H31FN8OS/c1-19-18-39-27(26(36-30(39)41-19)20-4-6-21(31)7-5-20)25-12-15-32-28(35-25)33-23-13-16-38(17-14-23)29(40)34-22-8-10-24(11-9-22)37(2)3/h4-12,15,18,23H,13-14,16-17H2,1-3H3,(H,34,40)(H,32,33,35). The summed E-state index contributed by atoms with van der Waals surface area (Å²) in [7, 11) is 3.97. The number of rotatable bonds is 6. The zero-order chi connectivity index (χ0) is 28.5. The second kappa shape index (κ2) is 11.2. The summed E-state index contributed by atoms with van der Waals surface area (Å²) >= 11 is 1.60. The summed E-state index contributed by atoms with van der Waals surface area (Å²) in [6.45, 7) is 3.30. The minimum Gasteiger partial charge on any atom is -0.378 e. The quantitative estimate of drug-likeness (QED) is 0.255. The fraction of sp³-hybridized carbons (Fsp3) is 0.267. The molecule has 5 aromatic rings. The number of likely N-dealkylation sites (tertiary alicyclic amines) is 1. The maximum absolute atomic E-state index is 13.6. The van der Waals surface area contributed by atoms with Crippen molar-refractivity contribution < 1.29 is 9.18 Å². The maximum Gasteiger partial charge on any atom is 0.321 e. The molecule has 0 spiro atoms. The third-order valence-corrected chi connectivity index (χ3v) is 8.11. The number of urea groups is 1. The zero-order valence-electron chi connectivity index (χ0n) is 23.1. The van der Waals surface area contributed by atoms with E-state index < -0.39 is 0 Å². The van der Waals surface area contributed by atoms with E-state index in [0.717, 1.165) is 56.7 Å². The predicted molar refractivity (Wildman–Crippen MR) is 162 cm³/mol. The number of nitrogens with one attached hydrogen (secondary N) is 2. The number of piperidine rings is 1. The zero-order valence-corrected chi connectivity index (χ0v) is 24.0. The number of imidazole rings is 1. The third-order valence-electron chi connectivity index (χ3n) is 7.21. The van der Waals surface area contributed by atoms with Crippen molar-refractivity contribution in [1.82, 2.24) is 24.3 Å². The van der Waals surface area contributed by atoms with E-state index >= 15 is 0 Å². The Bertz CT molecular complexity index is 1670. The van der Waals surface area contributed by atoms with Crippen molar-refractivity contribution in [2.75, 3.05) is 42.7 Å². The second-order valence-corrected chi connectivity index (χ2v) is 11.6. The number of aryl methyl sites for hydroxylation is 1. The number of aromatic nitrogens is 4. The number of hydrogen-bond donors (Lipinski definition) is 2. The Labute approximate surface area is 241 Å². The molecule has 0 radical (unpaired) electrons. The fourth-order valence-corrected chi connectivity index (χ4v) is 5.85. The van der Waals surface area contributed by atoms with Crippen LogP contribution >= 0.6 is 11.3 Å². The number of nitrogens with zero attached hydrogens (tertiary/aromatic N) is 6. The molecule has 4 heterocycles. The highest BCUT2D eigenvalue weighted by molar-refractivity contribution is 7.17. The number of benzene rings is 2. The minimum absolute atomic E-state index is 0.0940. The lowest BCUT2D eigenvalue weighted by molar-refractivity contribution is 0.197. The van der Waals surface area contributed by atoms with Gasteiger partial charge in [-0.15, -0.1) is 11.3 Å². The van der Waals surface area contributed by atoms with Gasteiger partial charge < -0.3 is 20.4 Å². The number of anilines is 3. The topological polar surface area (TPSA) is 90.7 Å². The number of halogens is 1. The second-order valence-electron chi connectivity index (χ2n) is 10.4. The highest BCUT2D eigenvalue weighted by atomic mass is 32.1. The van der Waals surface area contributed by atoms with Gasteiger partial charge in [-0.1, -0.05) is 0 Å². The van der Waals surface area contributed by atoms with Crippen molar-refractivity contribution in [2.45, 2.75) is 25.8 Å². The van der Waals surface area contributed by atoms with Crippen LogP contribution in [0.1, 0.15) is 17.7 Å². The molecular formula is C30H31FN8OS. The molecule has 0 bridgehead atoms. The first-order valence-corrected chi connectivity index (χ1v) is 14.3. The summed E-state index contributed by atoms with van der Waals surface area (Å²) in [6, 6.07) is 16.1. The number of hydrogen-bond acceptors (Lipinski definition) is 7. The molecule has 210 valence electrons. The van der Waals surface area contributed by atoms with Crippen LogP contribution in [0.2, 0.25) is 0 Å². The number of thiazole rings is 1. The van der Waals surface area contributed by atoms with Crippen LogP contribution in [0.5, 0.6) is 0 Å². The Hall–Kier alpha value is -4.51. The summed E-state index contributed by atoms with van der Waals surface area (Å²) in [4.78, 5) is 32.9. The molecule has 41 heavy (non-hydrogen) atoms. The van der Waals surface area contributed by atoms with E-state index in [2.05, 4.69) is 15.6 Å². The summed E-state index contributed by atoms with van der Waals surface area (Å²) in [5, 5.41) is 6.47. The Morgan fingerprint density at radius 2 is 1.76 bits per heavy atom. The van der Waals surface area contributed by atoms with E-state index in [1.165, 1.54) is 12.1 Å². The minimum atomic E-state index is -0.289. The molecule has 1 aliphatic heterocycles. The SMILES string of the molecule is Cc1cn2c(-c3ccnc(NC4CCN(C(=O)Nc5ccc(N(C)C)cc5)CC4)n3)c(-c3ccc(F)cc3)nc2s1. The normalized spacial score (nSPS) is 13.9. The van der Waals surface area contributed by atoms with Gasteiger partial charge in [-0.25, -0.2) is 24.1 Å². The number of carbonyl (C=O) groups is 1. The van der Waals surface area contributed by atoms with Gasteiger partial charge in [-0.3, -0.25) is 4.40 Å². The van der Waals surface area contributed by atoms with E-state index in [0.29, 0.717) is 19.0 Å².